The van der Waals surface area contributed by atoms with Crippen LogP contribution >= 0.6 is 11.9 Å². The fraction of sp³-hybridized carbons (Fsp3) is 0.400. The molecular weight excluding hydrogens is 508 g/mol. The third kappa shape index (κ3) is 4.62. The van der Waals surface area contributed by atoms with Crippen molar-refractivity contribution in [3.8, 4) is 5.69 Å². The number of aliphatic imine (C=N–C) groups is 1. The second kappa shape index (κ2) is 10.5. The van der Waals surface area contributed by atoms with Crippen LogP contribution in [-0.4, -0.2) is 37.1 Å². The molecule has 6 rings (SSSR count). The number of fused-ring (bicyclic) bond motifs is 1. The summed E-state index contributed by atoms with van der Waals surface area (Å²) in [6.07, 6.45) is 6.77. The minimum atomic E-state index is -0.548. The second-order valence-corrected chi connectivity index (χ2v) is 11.4. The molecule has 3 heterocycles. The maximum Gasteiger partial charge on any atom is 0.256 e. The molecule has 0 atom stereocenters. The van der Waals surface area contributed by atoms with Gasteiger partial charge in [-0.2, -0.15) is 5.10 Å². The van der Waals surface area contributed by atoms with Crippen LogP contribution in [0.25, 0.3) is 16.6 Å². The van der Waals surface area contributed by atoms with Crippen molar-refractivity contribution in [1.82, 2.24) is 19.8 Å². The molecule has 1 fully saturated rings. The summed E-state index contributed by atoms with van der Waals surface area (Å²) in [5.74, 6) is 2.60. The first kappa shape index (κ1) is 25.7. The van der Waals surface area contributed by atoms with E-state index in [9.17, 15) is 4.79 Å². The van der Waals surface area contributed by atoms with E-state index in [2.05, 4.69) is 41.1 Å². The average molecular weight is 543 g/mol. The number of benzene rings is 2. The molecule has 2 aliphatic rings. The molecule has 1 amide bonds. The minimum Gasteiger partial charge on any atom is -0.359 e. The Morgan fingerprint density at radius 1 is 1.08 bits per heavy atom. The van der Waals surface area contributed by atoms with E-state index in [1.165, 1.54) is 11.9 Å². The molecular formula is C30H34N6O2S. The third-order valence-electron chi connectivity index (χ3n) is 7.96. The molecule has 0 radical (unpaired) electrons. The van der Waals surface area contributed by atoms with E-state index in [0.29, 0.717) is 12.4 Å². The van der Waals surface area contributed by atoms with Crippen LogP contribution in [0.15, 0.2) is 62.9 Å². The van der Waals surface area contributed by atoms with Crippen LogP contribution in [0.3, 0.4) is 0 Å². The summed E-state index contributed by atoms with van der Waals surface area (Å²) < 4.78 is 10.6. The van der Waals surface area contributed by atoms with Crippen LogP contribution in [0, 0.1) is 13.8 Å². The molecule has 2 aromatic carbocycles. The number of hydrogen-bond acceptors (Lipinski definition) is 7. The maximum atomic E-state index is 13.8. The van der Waals surface area contributed by atoms with Crippen LogP contribution < -0.4 is 4.72 Å². The van der Waals surface area contributed by atoms with Crippen molar-refractivity contribution in [1.29, 1.82) is 0 Å². The quantitative estimate of drug-likeness (QED) is 0.229. The number of amidine groups is 1. The summed E-state index contributed by atoms with van der Waals surface area (Å²) in [5.41, 5.74) is 3.28. The molecule has 2 aromatic heterocycles. The van der Waals surface area contributed by atoms with Gasteiger partial charge >= 0.3 is 0 Å². The van der Waals surface area contributed by atoms with Gasteiger partial charge in [0, 0.05) is 17.4 Å². The number of anilines is 1. The number of carbonyl (C=O) groups excluding carboxylic acids is 1. The first-order valence-electron chi connectivity index (χ1n) is 13.8. The normalized spacial score (nSPS) is 16.5. The molecule has 1 saturated carbocycles. The highest BCUT2D eigenvalue weighted by Crippen LogP contribution is 2.40. The molecule has 0 saturated heterocycles. The molecule has 8 nitrogen and oxygen atoms in total. The summed E-state index contributed by atoms with van der Waals surface area (Å²) in [6.45, 7) is 6.50. The molecule has 4 aromatic rings. The molecule has 0 unspecified atom stereocenters. The van der Waals surface area contributed by atoms with Crippen LogP contribution in [0.2, 0.25) is 0 Å². The monoisotopic (exact) mass is 542 g/mol. The number of rotatable bonds is 9. The summed E-state index contributed by atoms with van der Waals surface area (Å²) >= 11 is 1.48. The Hall–Kier alpha value is -3.59. The number of unbranched alkanes of at least 4 members (excludes halogenated alkanes) is 1. The minimum absolute atomic E-state index is 0.156. The molecule has 39 heavy (non-hydrogen) atoms. The summed E-state index contributed by atoms with van der Waals surface area (Å²) in [5, 5.41) is 10.3. The Morgan fingerprint density at radius 2 is 1.85 bits per heavy atom. The molecule has 1 aliphatic heterocycles. The van der Waals surface area contributed by atoms with E-state index in [4.69, 9.17) is 14.6 Å². The van der Waals surface area contributed by atoms with Crippen molar-refractivity contribution in [2.45, 2.75) is 82.7 Å². The highest BCUT2D eigenvalue weighted by atomic mass is 32.2. The summed E-state index contributed by atoms with van der Waals surface area (Å²) in [7, 11) is 0. The lowest BCUT2D eigenvalue weighted by Gasteiger charge is -2.22. The van der Waals surface area contributed by atoms with E-state index in [0.717, 1.165) is 89.3 Å². The van der Waals surface area contributed by atoms with Crippen molar-refractivity contribution in [2.24, 2.45) is 4.99 Å². The van der Waals surface area contributed by atoms with Crippen molar-refractivity contribution >= 4 is 40.4 Å². The zero-order valence-electron chi connectivity index (χ0n) is 22.7. The Kier molecular flexibility index (Phi) is 6.93. The van der Waals surface area contributed by atoms with Gasteiger partial charge in [0.05, 0.1) is 28.3 Å². The summed E-state index contributed by atoms with van der Waals surface area (Å²) in [6, 6.07) is 16.4. The van der Waals surface area contributed by atoms with E-state index >= 15 is 0 Å². The van der Waals surface area contributed by atoms with Gasteiger partial charge in [0.2, 0.25) is 0 Å². The summed E-state index contributed by atoms with van der Waals surface area (Å²) in [4.78, 5) is 21.8. The Labute approximate surface area is 233 Å². The van der Waals surface area contributed by atoms with Crippen LogP contribution in [0.4, 0.5) is 5.82 Å². The molecule has 0 bridgehead atoms. The zero-order valence-corrected chi connectivity index (χ0v) is 23.6. The van der Waals surface area contributed by atoms with Crippen molar-refractivity contribution in [3.05, 3.63) is 65.5 Å². The van der Waals surface area contributed by atoms with Gasteiger partial charge in [0.1, 0.15) is 17.1 Å². The third-order valence-corrected chi connectivity index (χ3v) is 8.82. The largest absolute Gasteiger partial charge is 0.359 e. The Morgan fingerprint density at radius 3 is 2.62 bits per heavy atom. The van der Waals surface area contributed by atoms with Gasteiger partial charge in [0.25, 0.3) is 5.91 Å². The standard InChI is InChI=1S/C30H34N6O2S/c1-4-5-16-27-31-30(17-10-11-18-30)29(37)35(27)19-23-22-12-6-7-13-24(22)36(32-23)25-14-8-9-15-26(25)39-34-28-20(2)21(3)38-33-28/h6-9,12-15H,4-5,10-11,16-19H2,1-3H3,(H,33,34). The highest BCUT2D eigenvalue weighted by Gasteiger charge is 2.49. The lowest BCUT2D eigenvalue weighted by atomic mass is 9.98. The lowest BCUT2D eigenvalue weighted by Crippen LogP contribution is -2.40. The number of nitrogens with one attached hydrogen (secondary N) is 1. The van der Waals surface area contributed by atoms with E-state index in [1.54, 1.807) is 0 Å². The number of carbonyl (C=O) groups is 1. The van der Waals surface area contributed by atoms with E-state index in [1.807, 2.05) is 47.7 Å². The van der Waals surface area contributed by atoms with Crippen molar-refractivity contribution in [3.63, 3.8) is 0 Å². The Balaban J connectivity index is 1.34. The van der Waals surface area contributed by atoms with Crippen LogP contribution in [-0.2, 0) is 11.3 Å². The van der Waals surface area contributed by atoms with Crippen molar-refractivity contribution < 1.29 is 9.32 Å². The van der Waals surface area contributed by atoms with Crippen LogP contribution in [0.1, 0.15) is 68.9 Å². The van der Waals surface area contributed by atoms with Gasteiger partial charge in [-0.1, -0.05) is 61.7 Å². The SMILES string of the molecule is CCCCC1=NC2(CCCC2)C(=O)N1Cc1nn(-c2ccccc2SNc2noc(C)c2C)c2ccccc12. The number of nitrogens with zero attached hydrogens (tertiary/aromatic N) is 5. The number of aryl methyl sites for hydroxylation is 1. The number of amides is 1. The molecule has 202 valence electrons. The van der Waals surface area contributed by atoms with E-state index < -0.39 is 5.54 Å². The van der Waals surface area contributed by atoms with Gasteiger partial charge in [-0.3, -0.25) is 14.7 Å². The van der Waals surface area contributed by atoms with Gasteiger partial charge in [-0.05, 0) is 63.3 Å². The first-order valence-corrected chi connectivity index (χ1v) is 14.6. The number of para-hydroxylation sites is 2. The second-order valence-electron chi connectivity index (χ2n) is 10.5. The highest BCUT2D eigenvalue weighted by molar-refractivity contribution is 8.00. The predicted molar refractivity (Wildman–Crippen MR) is 155 cm³/mol. The van der Waals surface area contributed by atoms with Crippen LogP contribution in [0.5, 0.6) is 0 Å². The fourth-order valence-corrected chi connectivity index (χ4v) is 6.42. The fourth-order valence-electron chi connectivity index (χ4n) is 5.61. The van der Waals surface area contributed by atoms with Gasteiger partial charge in [-0.15, -0.1) is 0 Å². The molecule has 9 heteroatoms. The van der Waals surface area contributed by atoms with Crippen molar-refractivity contribution in [2.75, 3.05) is 4.72 Å². The van der Waals surface area contributed by atoms with E-state index in [-0.39, 0.29) is 5.91 Å². The lowest BCUT2D eigenvalue weighted by molar-refractivity contribution is -0.131. The maximum absolute atomic E-state index is 13.8. The van der Waals surface area contributed by atoms with Gasteiger partial charge in [0.15, 0.2) is 5.82 Å². The zero-order chi connectivity index (χ0) is 27.0. The number of hydrogen-bond donors (Lipinski definition) is 1. The van der Waals surface area contributed by atoms with Gasteiger partial charge in [-0.25, -0.2) is 4.68 Å². The number of aromatic nitrogens is 3. The smallest absolute Gasteiger partial charge is 0.256 e. The first-order chi connectivity index (χ1) is 19.0. The van der Waals surface area contributed by atoms with Gasteiger partial charge < -0.3 is 9.25 Å². The molecule has 1 aliphatic carbocycles. The average Bonchev–Trinajstić information content (AvgIpc) is 3.71. The molecule has 1 spiro atoms. The Bertz CT molecular complexity index is 1550. The predicted octanol–water partition coefficient (Wildman–Crippen LogP) is 6.99. The topological polar surface area (TPSA) is 88.5 Å². The molecule has 1 N–H and O–H groups in total.